The predicted octanol–water partition coefficient (Wildman–Crippen LogP) is 2.63. The zero-order chi connectivity index (χ0) is 11.5. The summed E-state index contributed by atoms with van der Waals surface area (Å²) in [5.41, 5.74) is -1.78. The Labute approximate surface area is 91.4 Å². The highest BCUT2D eigenvalue weighted by molar-refractivity contribution is 8.00. The number of carbonyl (C=O) groups is 1. The largest absolute Gasteiger partial charge is 0.481 e. The van der Waals surface area contributed by atoms with Gasteiger partial charge in [-0.3, -0.25) is 4.79 Å². The van der Waals surface area contributed by atoms with E-state index in [1.165, 1.54) is 0 Å². The summed E-state index contributed by atoms with van der Waals surface area (Å²) in [6.07, 6.45) is 0.101. The van der Waals surface area contributed by atoms with E-state index in [0.717, 1.165) is 5.75 Å². The summed E-state index contributed by atoms with van der Waals surface area (Å²) in [5, 5.41) is 9.04. The van der Waals surface area contributed by atoms with E-state index >= 15 is 0 Å². The molecule has 0 bridgehead atoms. The average molecular weight is 236 g/mol. The van der Waals surface area contributed by atoms with Gasteiger partial charge in [0.15, 0.2) is 0 Å². The van der Waals surface area contributed by atoms with Crippen LogP contribution in [0.4, 0.5) is 8.78 Å². The van der Waals surface area contributed by atoms with E-state index in [4.69, 9.17) is 5.11 Å². The summed E-state index contributed by atoms with van der Waals surface area (Å²) >= 11 is 1.60. The molecule has 0 amide bonds. The van der Waals surface area contributed by atoms with Crippen LogP contribution in [0.1, 0.15) is 26.7 Å². The zero-order valence-electron chi connectivity index (χ0n) is 8.72. The lowest BCUT2D eigenvalue weighted by Gasteiger charge is -2.31. The summed E-state index contributed by atoms with van der Waals surface area (Å²) in [4.78, 5) is 11.1. The van der Waals surface area contributed by atoms with Crippen LogP contribution in [0, 0.1) is 11.3 Å². The number of alkyl halides is 2. The van der Waals surface area contributed by atoms with Crippen molar-refractivity contribution in [2.45, 2.75) is 37.4 Å². The van der Waals surface area contributed by atoms with Gasteiger partial charge in [-0.25, -0.2) is 8.78 Å². The molecular formula is C10H14F2O2S. The normalized spacial score (nSPS) is 41.5. The second-order valence-electron chi connectivity index (χ2n) is 4.95. The van der Waals surface area contributed by atoms with Crippen molar-refractivity contribution in [2.24, 2.45) is 11.3 Å². The van der Waals surface area contributed by atoms with Gasteiger partial charge in [0, 0.05) is 11.2 Å². The molecule has 2 aliphatic rings. The summed E-state index contributed by atoms with van der Waals surface area (Å²) < 4.78 is 26.3. The van der Waals surface area contributed by atoms with E-state index in [2.05, 4.69) is 0 Å². The molecular weight excluding hydrogens is 222 g/mol. The number of aliphatic carboxylic acids is 1. The van der Waals surface area contributed by atoms with Crippen LogP contribution in [0.5, 0.6) is 0 Å². The molecule has 86 valence electrons. The highest BCUT2D eigenvalue weighted by atomic mass is 32.2. The molecule has 0 aromatic rings. The zero-order valence-corrected chi connectivity index (χ0v) is 9.53. The standard InChI is InChI=1S/C10H14F2O2S/c1-8(2)6(3-4-15-8)9(7(13)14)5-10(9,11)12/h6H,3-5H2,1-2H3,(H,13,14). The van der Waals surface area contributed by atoms with Crippen molar-refractivity contribution in [1.82, 2.24) is 0 Å². The molecule has 2 rings (SSSR count). The molecule has 2 nitrogen and oxygen atoms in total. The minimum Gasteiger partial charge on any atom is -0.481 e. The third kappa shape index (κ3) is 1.31. The van der Waals surface area contributed by atoms with Crippen LogP contribution in [0.2, 0.25) is 0 Å². The first-order valence-corrected chi connectivity index (χ1v) is 5.98. The number of hydrogen-bond acceptors (Lipinski definition) is 2. The van der Waals surface area contributed by atoms with Crippen LogP contribution in [-0.4, -0.2) is 27.5 Å². The van der Waals surface area contributed by atoms with Crippen molar-refractivity contribution in [3.8, 4) is 0 Å². The monoisotopic (exact) mass is 236 g/mol. The van der Waals surface area contributed by atoms with Gasteiger partial charge in [-0.15, -0.1) is 0 Å². The maximum atomic E-state index is 13.3. The lowest BCUT2D eigenvalue weighted by atomic mass is 9.78. The van der Waals surface area contributed by atoms with Crippen LogP contribution >= 0.6 is 11.8 Å². The molecule has 1 aliphatic carbocycles. The van der Waals surface area contributed by atoms with Gasteiger partial charge in [0.1, 0.15) is 5.41 Å². The Morgan fingerprint density at radius 3 is 2.27 bits per heavy atom. The Morgan fingerprint density at radius 2 is 2.00 bits per heavy atom. The Morgan fingerprint density at radius 1 is 1.47 bits per heavy atom. The molecule has 0 spiro atoms. The maximum absolute atomic E-state index is 13.3. The fourth-order valence-corrected chi connectivity index (χ4v) is 4.19. The van der Waals surface area contributed by atoms with Crippen LogP contribution in [0.3, 0.4) is 0 Å². The minimum atomic E-state index is -3.01. The van der Waals surface area contributed by atoms with Gasteiger partial charge >= 0.3 is 5.97 Å². The molecule has 1 saturated heterocycles. The molecule has 1 aliphatic heterocycles. The molecule has 2 unspecified atom stereocenters. The Bertz CT molecular complexity index is 317. The smallest absolute Gasteiger partial charge is 0.316 e. The number of carboxylic acids is 1. The summed E-state index contributed by atoms with van der Waals surface area (Å²) in [6, 6.07) is 0. The SMILES string of the molecule is CC1(C)SCCC1C1(C(=O)O)CC1(F)F. The fraction of sp³-hybridized carbons (Fsp3) is 0.900. The molecule has 5 heteroatoms. The Hall–Kier alpha value is -0.320. The predicted molar refractivity (Wildman–Crippen MR) is 54.3 cm³/mol. The van der Waals surface area contributed by atoms with Crippen LogP contribution in [-0.2, 0) is 4.79 Å². The van der Waals surface area contributed by atoms with E-state index in [1.54, 1.807) is 11.8 Å². The number of halogens is 2. The van der Waals surface area contributed by atoms with Gasteiger partial charge in [0.25, 0.3) is 5.92 Å². The van der Waals surface area contributed by atoms with Gasteiger partial charge in [-0.2, -0.15) is 11.8 Å². The van der Waals surface area contributed by atoms with Crippen molar-refractivity contribution in [1.29, 1.82) is 0 Å². The van der Waals surface area contributed by atoms with Crippen molar-refractivity contribution in [3.05, 3.63) is 0 Å². The van der Waals surface area contributed by atoms with E-state index < -0.39 is 29.6 Å². The summed E-state index contributed by atoms with van der Waals surface area (Å²) in [6.45, 7) is 3.74. The molecule has 15 heavy (non-hydrogen) atoms. The summed E-state index contributed by atoms with van der Waals surface area (Å²) in [7, 11) is 0. The van der Waals surface area contributed by atoms with Crippen molar-refractivity contribution >= 4 is 17.7 Å². The number of carboxylic acid groups (broad SMARTS) is 1. The minimum absolute atomic E-state index is 0.349. The second kappa shape index (κ2) is 2.87. The van der Waals surface area contributed by atoms with Gasteiger partial charge in [-0.1, -0.05) is 13.8 Å². The highest BCUT2D eigenvalue weighted by Crippen LogP contribution is 2.70. The van der Waals surface area contributed by atoms with Gasteiger partial charge < -0.3 is 5.11 Å². The van der Waals surface area contributed by atoms with E-state index in [-0.39, 0.29) is 4.75 Å². The molecule has 0 aromatic carbocycles. The molecule has 1 saturated carbocycles. The third-order valence-corrected chi connectivity index (χ3v) is 5.19. The van der Waals surface area contributed by atoms with Crippen molar-refractivity contribution in [2.75, 3.05) is 5.75 Å². The van der Waals surface area contributed by atoms with Gasteiger partial charge in [-0.05, 0) is 18.1 Å². The topological polar surface area (TPSA) is 37.3 Å². The second-order valence-corrected chi connectivity index (χ2v) is 6.70. The number of rotatable bonds is 2. The molecule has 2 fully saturated rings. The molecule has 2 atom stereocenters. The molecule has 1 heterocycles. The molecule has 0 radical (unpaired) electrons. The van der Waals surface area contributed by atoms with Gasteiger partial charge in [0.2, 0.25) is 0 Å². The van der Waals surface area contributed by atoms with E-state index in [9.17, 15) is 13.6 Å². The Kier molecular flexibility index (Phi) is 2.14. The van der Waals surface area contributed by atoms with E-state index in [1.807, 2.05) is 13.8 Å². The highest BCUT2D eigenvalue weighted by Gasteiger charge is 2.81. The fourth-order valence-electron chi connectivity index (χ4n) is 2.79. The first-order chi connectivity index (χ1) is 6.74. The number of hydrogen-bond donors (Lipinski definition) is 1. The van der Waals surface area contributed by atoms with Crippen LogP contribution in [0.25, 0.3) is 0 Å². The van der Waals surface area contributed by atoms with E-state index in [0.29, 0.717) is 6.42 Å². The quantitative estimate of drug-likeness (QED) is 0.800. The molecule has 0 aromatic heterocycles. The van der Waals surface area contributed by atoms with Crippen molar-refractivity contribution in [3.63, 3.8) is 0 Å². The first kappa shape index (κ1) is 11.2. The lowest BCUT2D eigenvalue weighted by molar-refractivity contribution is -0.151. The average Bonchev–Trinajstić information content (AvgIpc) is 2.44. The Balaban J connectivity index is 2.33. The van der Waals surface area contributed by atoms with Gasteiger partial charge in [0.05, 0.1) is 0 Å². The first-order valence-electron chi connectivity index (χ1n) is 4.99. The number of thioether (sulfide) groups is 1. The third-order valence-electron chi connectivity index (χ3n) is 3.72. The lowest BCUT2D eigenvalue weighted by Crippen LogP contribution is -2.39. The maximum Gasteiger partial charge on any atom is 0.316 e. The van der Waals surface area contributed by atoms with Crippen LogP contribution < -0.4 is 0 Å². The van der Waals surface area contributed by atoms with Crippen molar-refractivity contribution < 1.29 is 18.7 Å². The molecule has 1 N–H and O–H groups in total. The van der Waals surface area contributed by atoms with Crippen LogP contribution in [0.15, 0.2) is 0 Å². The summed E-state index contributed by atoms with van der Waals surface area (Å²) in [5.74, 6) is -3.97.